The summed E-state index contributed by atoms with van der Waals surface area (Å²) >= 11 is 0. The van der Waals surface area contributed by atoms with Crippen LogP contribution in [0, 0.1) is 0 Å². The number of hydrogen-bond acceptors (Lipinski definition) is 3. The molecule has 4 heteroatoms. The molecule has 2 aliphatic rings. The van der Waals surface area contributed by atoms with Crippen LogP contribution in [-0.2, 0) is 4.74 Å². The van der Waals surface area contributed by atoms with Crippen molar-refractivity contribution in [2.24, 2.45) is 0 Å². The highest BCUT2D eigenvalue weighted by molar-refractivity contribution is 5.95. The third kappa shape index (κ3) is 2.80. The van der Waals surface area contributed by atoms with Crippen LogP contribution in [0.1, 0.15) is 36.0 Å². The molecule has 0 aromatic heterocycles. The molecule has 0 radical (unpaired) electrons. The van der Waals surface area contributed by atoms with Gasteiger partial charge in [-0.1, -0.05) is 6.07 Å². The van der Waals surface area contributed by atoms with Crippen LogP contribution in [0.2, 0.25) is 0 Å². The first-order chi connectivity index (χ1) is 9.79. The summed E-state index contributed by atoms with van der Waals surface area (Å²) in [4.78, 5) is 14.9. The van der Waals surface area contributed by atoms with Crippen molar-refractivity contribution >= 4 is 5.91 Å². The number of methoxy groups -OCH3 is 1. The van der Waals surface area contributed by atoms with Gasteiger partial charge < -0.3 is 14.4 Å². The average molecular weight is 275 g/mol. The monoisotopic (exact) mass is 275 g/mol. The number of rotatable bonds is 4. The van der Waals surface area contributed by atoms with Crippen molar-refractivity contribution < 1.29 is 14.3 Å². The van der Waals surface area contributed by atoms with E-state index in [2.05, 4.69) is 4.90 Å². The molecule has 0 unspecified atom stereocenters. The fourth-order valence-corrected chi connectivity index (χ4v) is 2.85. The van der Waals surface area contributed by atoms with Crippen LogP contribution in [0.15, 0.2) is 24.3 Å². The molecule has 1 aromatic rings. The lowest BCUT2D eigenvalue weighted by molar-refractivity contribution is 0.0267. The van der Waals surface area contributed by atoms with E-state index in [0.717, 1.165) is 50.2 Å². The Hall–Kier alpha value is -1.55. The van der Waals surface area contributed by atoms with Gasteiger partial charge in [-0.2, -0.15) is 0 Å². The van der Waals surface area contributed by atoms with Crippen molar-refractivity contribution in [3.8, 4) is 5.75 Å². The van der Waals surface area contributed by atoms with Crippen LogP contribution >= 0.6 is 0 Å². The van der Waals surface area contributed by atoms with Gasteiger partial charge in [0.2, 0.25) is 0 Å². The zero-order chi connectivity index (χ0) is 13.9. The van der Waals surface area contributed by atoms with E-state index in [1.54, 1.807) is 7.11 Å². The summed E-state index contributed by atoms with van der Waals surface area (Å²) in [5, 5.41) is 0. The van der Waals surface area contributed by atoms with Gasteiger partial charge in [-0.25, -0.2) is 0 Å². The second-order valence-corrected chi connectivity index (χ2v) is 5.52. The quantitative estimate of drug-likeness (QED) is 0.847. The Kier molecular flexibility index (Phi) is 3.92. The second-order valence-electron chi connectivity index (χ2n) is 5.52. The summed E-state index contributed by atoms with van der Waals surface area (Å²) < 4.78 is 10.6. The first-order valence-electron chi connectivity index (χ1n) is 7.34. The molecule has 1 aromatic carbocycles. The SMILES string of the molecule is COc1cccc(C(=O)N(C2CCOCC2)C2CC2)c1. The summed E-state index contributed by atoms with van der Waals surface area (Å²) in [5.74, 6) is 0.872. The Labute approximate surface area is 119 Å². The second kappa shape index (κ2) is 5.83. The molecule has 3 rings (SSSR count). The van der Waals surface area contributed by atoms with Gasteiger partial charge in [-0.15, -0.1) is 0 Å². The first kappa shape index (κ1) is 13.4. The number of hydrogen-bond donors (Lipinski definition) is 0. The van der Waals surface area contributed by atoms with Crippen molar-refractivity contribution in [3.63, 3.8) is 0 Å². The highest BCUT2D eigenvalue weighted by atomic mass is 16.5. The molecule has 0 spiro atoms. The van der Waals surface area contributed by atoms with Gasteiger partial charge in [0.25, 0.3) is 5.91 Å². The Morgan fingerprint density at radius 3 is 2.55 bits per heavy atom. The van der Waals surface area contributed by atoms with Crippen LogP contribution < -0.4 is 4.74 Å². The maximum Gasteiger partial charge on any atom is 0.254 e. The number of amides is 1. The molecule has 4 nitrogen and oxygen atoms in total. The van der Waals surface area contributed by atoms with Crippen LogP contribution in [0.4, 0.5) is 0 Å². The lowest BCUT2D eigenvalue weighted by Crippen LogP contribution is -2.44. The molecule has 0 N–H and O–H groups in total. The minimum Gasteiger partial charge on any atom is -0.497 e. The van der Waals surface area contributed by atoms with E-state index in [1.807, 2.05) is 24.3 Å². The molecule has 0 atom stereocenters. The summed E-state index contributed by atoms with van der Waals surface area (Å²) in [6.07, 6.45) is 4.17. The zero-order valence-electron chi connectivity index (χ0n) is 11.9. The lowest BCUT2D eigenvalue weighted by Gasteiger charge is -2.34. The van der Waals surface area contributed by atoms with Gasteiger partial charge in [0.05, 0.1) is 7.11 Å². The van der Waals surface area contributed by atoms with E-state index in [0.29, 0.717) is 12.1 Å². The fourth-order valence-electron chi connectivity index (χ4n) is 2.85. The summed E-state index contributed by atoms with van der Waals surface area (Å²) in [6, 6.07) is 8.21. The smallest absolute Gasteiger partial charge is 0.254 e. The molecule has 1 aliphatic carbocycles. The van der Waals surface area contributed by atoms with Crippen molar-refractivity contribution in [1.82, 2.24) is 4.90 Å². The fraction of sp³-hybridized carbons (Fsp3) is 0.562. The van der Waals surface area contributed by atoms with Crippen molar-refractivity contribution in [1.29, 1.82) is 0 Å². The van der Waals surface area contributed by atoms with Crippen molar-refractivity contribution in [2.75, 3.05) is 20.3 Å². The van der Waals surface area contributed by atoms with E-state index >= 15 is 0 Å². The maximum atomic E-state index is 12.8. The molecule has 20 heavy (non-hydrogen) atoms. The van der Waals surface area contributed by atoms with Crippen LogP contribution in [0.3, 0.4) is 0 Å². The molecule has 2 fully saturated rings. The van der Waals surface area contributed by atoms with E-state index in [4.69, 9.17) is 9.47 Å². The average Bonchev–Trinajstić information content (AvgIpc) is 3.33. The number of nitrogens with zero attached hydrogens (tertiary/aromatic N) is 1. The predicted molar refractivity (Wildman–Crippen MR) is 76.0 cm³/mol. The van der Waals surface area contributed by atoms with Gasteiger partial charge >= 0.3 is 0 Å². The van der Waals surface area contributed by atoms with E-state index < -0.39 is 0 Å². The largest absolute Gasteiger partial charge is 0.497 e. The van der Waals surface area contributed by atoms with Gasteiger partial charge in [0.15, 0.2) is 0 Å². The van der Waals surface area contributed by atoms with Gasteiger partial charge in [-0.05, 0) is 43.9 Å². The Morgan fingerprint density at radius 2 is 1.90 bits per heavy atom. The molecule has 1 aliphatic heterocycles. The summed E-state index contributed by atoms with van der Waals surface area (Å²) in [5.41, 5.74) is 0.725. The molecular weight excluding hydrogens is 254 g/mol. The molecule has 108 valence electrons. The molecule has 1 amide bonds. The molecule has 0 bridgehead atoms. The minimum atomic E-state index is 0.137. The molecular formula is C16H21NO3. The first-order valence-corrected chi connectivity index (χ1v) is 7.34. The van der Waals surface area contributed by atoms with Crippen LogP contribution in [0.25, 0.3) is 0 Å². The van der Waals surface area contributed by atoms with Crippen LogP contribution in [0.5, 0.6) is 5.75 Å². The van der Waals surface area contributed by atoms with E-state index in [9.17, 15) is 4.79 Å². The normalized spacial score (nSPS) is 19.6. The molecule has 1 saturated heterocycles. The van der Waals surface area contributed by atoms with Crippen molar-refractivity contribution in [3.05, 3.63) is 29.8 Å². The van der Waals surface area contributed by atoms with Crippen LogP contribution in [-0.4, -0.2) is 43.2 Å². The van der Waals surface area contributed by atoms with E-state index in [-0.39, 0.29) is 5.91 Å². The summed E-state index contributed by atoms with van der Waals surface area (Å²) in [7, 11) is 1.63. The third-order valence-corrected chi connectivity index (χ3v) is 4.08. The zero-order valence-corrected chi connectivity index (χ0v) is 11.9. The topological polar surface area (TPSA) is 38.8 Å². The maximum absolute atomic E-state index is 12.8. The third-order valence-electron chi connectivity index (χ3n) is 4.08. The molecule has 1 heterocycles. The number of ether oxygens (including phenoxy) is 2. The van der Waals surface area contributed by atoms with Crippen molar-refractivity contribution in [2.45, 2.75) is 37.8 Å². The number of benzene rings is 1. The molecule has 1 saturated carbocycles. The number of carbonyl (C=O) groups is 1. The Morgan fingerprint density at radius 1 is 1.20 bits per heavy atom. The summed E-state index contributed by atoms with van der Waals surface area (Å²) in [6.45, 7) is 1.53. The standard InChI is InChI=1S/C16H21NO3/c1-19-15-4-2-3-12(11-15)16(18)17(13-5-6-13)14-7-9-20-10-8-14/h2-4,11,13-14H,5-10H2,1H3. The van der Waals surface area contributed by atoms with E-state index in [1.165, 1.54) is 0 Å². The number of carbonyl (C=O) groups excluding carboxylic acids is 1. The highest BCUT2D eigenvalue weighted by Crippen LogP contribution is 2.33. The van der Waals surface area contributed by atoms with Gasteiger partial charge in [-0.3, -0.25) is 4.79 Å². The predicted octanol–water partition coefficient (Wildman–Crippen LogP) is 2.48. The lowest BCUT2D eigenvalue weighted by atomic mass is 10.0. The highest BCUT2D eigenvalue weighted by Gasteiger charge is 2.38. The van der Waals surface area contributed by atoms with Gasteiger partial charge in [0.1, 0.15) is 5.75 Å². The Balaban J connectivity index is 1.80. The van der Waals surface area contributed by atoms with Gasteiger partial charge in [0, 0.05) is 30.9 Å². The Bertz CT molecular complexity index is 478. The minimum absolute atomic E-state index is 0.137.